The Balaban J connectivity index is 1.65. The summed E-state index contributed by atoms with van der Waals surface area (Å²) in [6, 6.07) is 14.8. The van der Waals surface area contributed by atoms with E-state index in [4.69, 9.17) is 4.74 Å². The molecule has 2 aromatic rings. The molecule has 0 aromatic heterocycles. The molecule has 0 fully saturated rings. The van der Waals surface area contributed by atoms with Gasteiger partial charge in [-0.05, 0) is 35.7 Å². The average molecular weight is 312 g/mol. The van der Waals surface area contributed by atoms with Crippen molar-refractivity contribution in [2.24, 2.45) is 0 Å². The van der Waals surface area contributed by atoms with Gasteiger partial charge in [0.1, 0.15) is 5.75 Å². The number of hydrogen-bond acceptors (Lipinski definition) is 3. The summed E-state index contributed by atoms with van der Waals surface area (Å²) in [6.07, 6.45) is 1.33. The van der Waals surface area contributed by atoms with Gasteiger partial charge in [0.25, 0.3) is 0 Å². The number of benzene rings is 2. The van der Waals surface area contributed by atoms with Crippen LogP contribution in [-0.4, -0.2) is 24.4 Å². The SMILES string of the molecule is O=C(Nc1ccc2c(c1)CCO2)N[C@H](CCO)c1ccccc1. The quantitative estimate of drug-likeness (QED) is 0.795. The number of aliphatic hydroxyl groups is 1. The number of urea groups is 1. The minimum absolute atomic E-state index is 0.00995. The van der Waals surface area contributed by atoms with Gasteiger partial charge >= 0.3 is 6.03 Å². The first-order valence-electron chi connectivity index (χ1n) is 7.75. The number of carbonyl (C=O) groups is 1. The topological polar surface area (TPSA) is 70.6 Å². The zero-order valence-corrected chi connectivity index (χ0v) is 12.8. The second kappa shape index (κ2) is 7.15. The van der Waals surface area contributed by atoms with E-state index in [1.807, 2.05) is 48.5 Å². The summed E-state index contributed by atoms with van der Waals surface area (Å²) in [4.78, 5) is 12.2. The van der Waals surface area contributed by atoms with Crippen molar-refractivity contribution in [1.82, 2.24) is 5.32 Å². The van der Waals surface area contributed by atoms with E-state index in [-0.39, 0.29) is 18.7 Å². The van der Waals surface area contributed by atoms with Gasteiger partial charge in [-0.25, -0.2) is 4.79 Å². The molecule has 0 bridgehead atoms. The van der Waals surface area contributed by atoms with Crippen LogP contribution < -0.4 is 15.4 Å². The summed E-state index contributed by atoms with van der Waals surface area (Å²) >= 11 is 0. The molecule has 2 aromatic carbocycles. The van der Waals surface area contributed by atoms with E-state index >= 15 is 0 Å². The number of ether oxygens (including phenoxy) is 1. The van der Waals surface area contributed by atoms with Crippen molar-refractivity contribution in [3.05, 3.63) is 59.7 Å². The Kier molecular flexibility index (Phi) is 4.78. The number of hydrogen-bond donors (Lipinski definition) is 3. The molecule has 1 heterocycles. The number of anilines is 1. The van der Waals surface area contributed by atoms with E-state index in [1.165, 1.54) is 0 Å². The molecular formula is C18H20N2O3. The van der Waals surface area contributed by atoms with Crippen LogP contribution in [0, 0.1) is 0 Å². The van der Waals surface area contributed by atoms with Crippen molar-refractivity contribution in [3.63, 3.8) is 0 Å². The number of amides is 2. The fourth-order valence-electron chi connectivity index (χ4n) is 2.73. The molecule has 3 rings (SSSR count). The molecule has 23 heavy (non-hydrogen) atoms. The van der Waals surface area contributed by atoms with Crippen LogP contribution in [0.3, 0.4) is 0 Å². The normalized spacial score (nSPS) is 13.8. The third-order valence-electron chi connectivity index (χ3n) is 3.87. The van der Waals surface area contributed by atoms with Gasteiger partial charge in [-0.1, -0.05) is 30.3 Å². The summed E-state index contributed by atoms with van der Waals surface area (Å²) < 4.78 is 5.46. The smallest absolute Gasteiger partial charge is 0.319 e. The number of nitrogens with one attached hydrogen (secondary N) is 2. The predicted molar refractivity (Wildman–Crippen MR) is 88.7 cm³/mol. The lowest BCUT2D eigenvalue weighted by molar-refractivity contribution is 0.239. The maximum Gasteiger partial charge on any atom is 0.319 e. The van der Waals surface area contributed by atoms with Crippen LogP contribution in [-0.2, 0) is 6.42 Å². The van der Waals surface area contributed by atoms with Crippen LogP contribution in [0.15, 0.2) is 48.5 Å². The molecule has 0 radical (unpaired) electrons. The van der Waals surface area contributed by atoms with Crippen molar-refractivity contribution in [2.75, 3.05) is 18.5 Å². The Morgan fingerprint density at radius 2 is 2.04 bits per heavy atom. The first-order chi connectivity index (χ1) is 11.3. The van der Waals surface area contributed by atoms with Crippen LogP contribution in [0.25, 0.3) is 0 Å². The molecule has 3 N–H and O–H groups in total. The molecule has 1 atom stereocenters. The monoisotopic (exact) mass is 312 g/mol. The molecule has 5 nitrogen and oxygen atoms in total. The van der Waals surface area contributed by atoms with Crippen molar-refractivity contribution in [1.29, 1.82) is 0 Å². The molecule has 0 saturated carbocycles. The Morgan fingerprint density at radius 1 is 1.22 bits per heavy atom. The van der Waals surface area contributed by atoms with Crippen LogP contribution in [0.5, 0.6) is 5.75 Å². The van der Waals surface area contributed by atoms with E-state index in [9.17, 15) is 9.90 Å². The van der Waals surface area contributed by atoms with Gasteiger partial charge in [0.15, 0.2) is 0 Å². The highest BCUT2D eigenvalue weighted by Crippen LogP contribution is 2.27. The highest BCUT2D eigenvalue weighted by atomic mass is 16.5. The molecule has 0 spiro atoms. The van der Waals surface area contributed by atoms with Gasteiger partial charge in [-0.3, -0.25) is 0 Å². The Morgan fingerprint density at radius 3 is 2.83 bits per heavy atom. The molecule has 2 amide bonds. The summed E-state index contributed by atoms with van der Waals surface area (Å²) in [7, 11) is 0. The van der Waals surface area contributed by atoms with E-state index in [1.54, 1.807) is 0 Å². The van der Waals surface area contributed by atoms with Crippen molar-refractivity contribution >= 4 is 11.7 Å². The first kappa shape index (κ1) is 15.4. The van der Waals surface area contributed by atoms with Crippen molar-refractivity contribution < 1.29 is 14.6 Å². The lowest BCUT2D eigenvalue weighted by atomic mass is 10.0. The summed E-state index contributed by atoms with van der Waals surface area (Å²) in [6.45, 7) is 0.702. The lowest BCUT2D eigenvalue weighted by Crippen LogP contribution is -2.33. The third-order valence-corrected chi connectivity index (χ3v) is 3.87. The minimum Gasteiger partial charge on any atom is -0.493 e. The standard InChI is InChI=1S/C18H20N2O3/c21-10-8-16(13-4-2-1-3-5-13)20-18(22)19-15-6-7-17-14(12-15)9-11-23-17/h1-7,12,16,21H,8-11H2,(H2,19,20,22)/t16-/m1/s1. The van der Waals surface area contributed by atoms with E-state index in [0.29, 0.717) is 13.0 Å². The summed E-state index contributed by atoms with van der Waals surface area (Å²) in [5, 5.41) is 15.0. The Hall–Kier alpha value is -2.53. The van der Waals surface area contributed by atoms with Crippen LogP contribution in [0.4, 0.5) is 10.5 Å². The van der Waals surface area contributed by atoms with E-state index < -0.39 is 0 Å². The van der Waals surface area contributed by atoms with Gasteiger partial charge in [0.05, 0.1) is 12.6 Å². The minimum atomic E-state index is -0.286. The van der Waals surface area contributed by atoms with E-state index in [2.05, 4.69) is 10.6 Å². The number of rotatable bonds is 5. The fraction of sp³-hybridized carbons (Fsp3) is 0.278. The van der Waals surface area contributed by atoms with Crippen LogP contribution in [0.2, 0.25) is 0 Å². The molecule has 5 heteroatoms. The third kappa shape index (κ3) is 3.81. The number of carbonyl (C=O) groups excluding carboxylic acids is 1. The van der Waals surface area contributed by atoms with Gasteiger partial charge in [-0.2, -0.15) is 0 Å². The fourth-order valence-corrected chi connectivity index (χ4v) is 2.73. The highest BCUT2D eigenvalue weighted by molar-refractivity contribution is 5.89. The maximum atomic E-state index is 12.2. The van der Waals surface area contributed by atoms with Crippen LogP contribution in [0.1, 0.15) is 23.6 Å². The average Bonchev–Trinajstić information content (AvgIpc) is 3.03. The second-order valence-corrected chi connectivity index (χ2v) is 5.49. The highest BCUT2D eigenvalue weighted by Gasteiger charge is 2.16. The number of fused-ring (bicyclic) bond motifs is 1. The zero-order valence-electron chi connectivity index (χ0n) is 12.8. The molecule has 1 aliphatic rings. The van der Waals surface area contributed by atoms with Crippen molar-refractivity contribution in [3.8, 4) is 5.75 Å². The maximum absolute atomic E-state index is 12.2. The number of aliphatic hydroxyl groups excluding tert-OH is 1. The van der Waals surface area contributed by atoms with Gasteiger partial charge < -0.3 is 20.5 Å². The summed E-state index contributed by atoms with van der Waals surface area (Å²) in [5.74, 6) is 0.887. The van der Waals surface area contributed by atoms with Gasteiger partial charge in [-0.15, -0.1) is 0 Å². The van der Waals surface area contributed by atoms with Gasteiger partial charge in [0, 0.05) is 18.7 Å². The summed E-state index contributed by atoms with van der Waals surface area (Å²) in [5.41, 5.74) is 2.82. The van der Waals surface area contributed by atoms with E-state index in [0.717, 1.165) is 29.0 Å². The first-order valence-corrected chi connectivity index (χ1v) is 7.75. The molecule has 0 saturated heterocycles. The lowest BCUT2D eigenvalue weighted by Gasteiger charge is -2.19. The van der Waals surface area contributed by atoms with Crippen molar-refractivity contribution in [2.45, 2.75) is 18.9 Å². The second-order valence-electron chi connectivity index (χ2n) is 5.49. The molecule has 1 aliphatic heterocycles. The Labute approximate surface area is 135 Å². The molecule has 0 aliphatic carbocycles. The Bertz CT molecular complexity index is 673. The van der Waals surface area contributed by atoms with Crippen LogP contribution >= 0.6 is 0 Å². The predicted octanol–water partition coefficient (Wildman–Crippen LogP) is 2.87. The largest absolute Gasteiger partial charge is 0.493 e. The molecule has 0 unspecified atom stereocenters. The zero-order chi connectivity index (χ0) is 16.1. The molecular weight excluding hydrogens is 292 g/mol. The van der Waals surface area contributed by atoms with Gasteiger partial charge in [0.2, 0.25) is 0 Å². The molecule has 120 valence electrons.